The van der Waals surface area contributed by atoms with Crippen LogP contribution in [-0.4, -0.2) is 196 Å². The van der Waals surface area contributed by atoms with E-state index in [2.05, 4.69) is 68.5 Å². The monoisotopic (exact) mass is 1430 g/mol. The van der Waals surface area contributed by atoms with Crippen LogP contribution in [-0.2, 0) is 96.1 Å². The Morgan fingerprint density at radius 2 is 0.942 bits per heavy atom. The van der Waals surface area contributed by atoms with Crippen LogP contribution in [0.15, 0.2) is 122 Å². The summed E-state index contributed by atoms with van der Waals surface area (Å²) in [6.45, 7) is 10.00. The van der Waals surface area contributed by atoms with Crippen molar-refractivity contribution in [3.05, 3.63) is 155 Å². The summed E-state index contributed by atoms with van der Waals surface area (Å²) in [6.07, 6.45) is 3.04. The number of carboxylic acid groups (broad SMARTS) is 2. The molecule has 12 atom stereocenters. The number of likely N-dealkylation sites (N-methyl/N-ethyl adjacent to an activating group) is 1. The van der Waals surface area contributed by atoms with E-state index in [1.165, 1.54) is 26.1 Å². The van der Waals surface area contributed by atoms with Crippen molar-refractivity contribution < 1.29 is 67.7 Å². The maximum Gasteiger partial charge on any atom is 0.326 e. The summed E-state index contributed by atoms with van der Waals surface area (Å²) in [5, 5.41) is 63.4. The highest BCUT2D eigenvalue weighted by Gasteiger charge is 2.47. The van der Waals surface area contributed by atoms with Crippen molar-refractivity contribution in [2.75, 3.05) is 30.8 Å². The smallest absolute Gasteiger partial charge is 0.326 e. The zero-order valence-electron chi connectivity index (χ0n) is 59.1. The van der Waals surface area contributed by atoms with Crippen molar-refractivity contribution in [2.45, 2.75) is 179 Å². The van der Waals surface area contributed by atoms with Crippen LogP contribution in [0.5, 0.6) is 0 Å². The molecular formula is C73H91N17O14. The van der Waals surface area contributed by atoms with Gasteiger partial charge in [0, 0.05) is 107 Å². The Kier molecular flexibility index (Phi) is 26.3. The van der Waals surface area contributed by atoms with Crippen LogP contribution < -0.4 is 47.9 Å². The van der Waals surface area contributed by atoms with E-state index in [0.29, 0.717) is 51.4 Å². The summed E-state index contributed by atoms with van der Waals surface area (Å²) in [5.74, 6) is -9.64. The largest absolute Gasteiger partial charge is 0.480 e. The molecule has 6 aliphatic heterocycles. The van der Waals surface area contributed by atoms with E-state index in [1.54, 1.807) is 156 Å². The Morgan fingerprint density at radius 3 is 1.34 bits per heavy atom. The molecule has 12 bridgehead atoms. The van der Waals surface area contributed by atoms with Crippen LogP contribution in [0.1, 0.15) is 119 Å². The average Bonchev–Trinajstić information content (AvgIpc) is 1.64. The summed E-state index contributed by atoms with van der Waals surface area (Å²) in [6, 6.07) is 17.6. The second-order valence-electron chi connectivity index (χ2n) is 27.2. The molecule has 2 saturated heterocycles. The number of hydrogen-bond acceptors (Lipinski definition) is 17. The number of carboxylic acids is 2. The molecule has 11 N–H and O–H groups in total. The molecule has 4 aromatic carbocycles. The van der Waals surface area contributed by atoms with Crippen LogP contribution in [0.2, 0.25) is 0 Å². The third kappa shape index (κ3) is 20.5. The zero-order chi connectivity index (χ0) is 74.9. The SMILES string of the molecule is CC[C@@H](C)C(=O)N[C@@H](C)C(=O)N1C[C@@H]2C[C@H]1C(=O)N[C@@H](Cc1ccccc1)C(=O)N[C@H](C(=O)O)Cc1ccc(cc1)NC(=O)CCc1cn(nn1)[C@H]1C[C@@H](C(=O)N[C@@H](Cc3ccccc3)C(=O)N[C@H](C(=O)O)Cc3ccc(cc3)NC(=O)CCc3cn2nn3)N(C(=O)[C@@H](NC(=O)[C@H](C)NC)C(C)C)C1. The number of rotatable bonds is 15. The van der Waals surface area contributed by atoms with Gasteiger partial charge in [0.1, 0.15) is 48.3 Å². The van der Waals surface area contributed by atoms with Gasteiger partial charge in [-0.25, -0.2) is 19.0 Å². The van der Waals surface area contributed by atoms with E-state index in [1.807, 2.05) is 6.92 Å². The minimum Gasteiger partial charge on any atom is -0.480 e. The normalized spacial score (nSPS) is 22.3. The first-order chi connectivity index (χ1) is 49.7. The fourth-order valence-corrected chi connectivity index (χ4v) is 12.6. The number of aliphatic carboxylic acids is 2. The predicted molar refractivity (Wildman–Crippen MR) is 378 cm³/mol. The zero-order valence-corrected chi connectivity index (χ0v) is 59.1. The maximum absolute atomic E-state index is 14.9. The van der Waals surface area contributed by atoms with Crippen LogP contribution in [0.3, 0.4) is 0 Å². The number of carbonyl (C=O) groups is 12. The highest BCUT2D eigenvalue weighted by Crippen LogP contribution is 2.31. The van der Waals surface area contributed by atoms with Gasteiger partial charge in [0.2, 0.25) is 59.1 Å². The Bertz CT molecular complexity index is 4060. The lowest BCUT2D eigenvalue weighted by molar-refractivity contribution is -0.144. The van der Waals surface area contributed by atoms with Crippen LogP contribution in [0, 0.1) is 11.8 Å². The summed E-state index contributed by atoms with van der Waals surface area (Å²) in [7, 11) is 1.59. The molecule has 0 aliphatic carbocycles. The molecule has 0 spiro atoms. The summed E-state index contributed by atoms with van der Waals surface area (Å²) < 4.78 is 2.97. The lowest BCUT2D eigenvalue weighted by Crippen LogP contribution is -2.59. The van der Waals surface area contributed by atoms with E-state index < -0.39 is 143 Å². The van der Waals surface area contributed by atoms with Crippen molar-refractivity contribution in [3.8, 4) is 0 Å². The van der Waals surface area contributed by atoms with Crippen molar-refractivity contribution >= 4 is 82.4 Å². The fourth-order valence-electron chi connectivity index (χ4n) is 12.6. The molecule has 104 heavy (non-hydrogen) atoms. The second kappa shape index (κ2) is 35.6. The number of hydrogen-bond donors (Lipinski definition) is 11. The standard InChI is InChI=1S/C73H91N17O14/c1-8-42(4)64(93)75-44(6)70(99)87-39-53-35-59(87)68(97)78-55(31-45-15-11-9-12-16-45)66(95)80-57(72(101)102)33-47-19-23-50(24-20-47)77-62(92)30-28-52-38-90(86-84-52)54-36-60(88(40-54)71(100)63(41(2)3)82-65(94)43(5)74-7)69(98)79-56(32-46-17-13-10-14-18-46)67(96)81-58(73(103)104)34-48-21-25-49(26-22-48)76-61(91)29-27-51-37-89(53)85-83-51/h9-26,37-38,41-44,53-60,63,74H,8,27-36,39-40H2,1-7H3,(H,75,93)(H,76,91)(H,77,92)(H,78,97)(H,79,98)(H,80,95)(H,81,96)(H,82,94)(H,101,102)(H,103,104)/t42-,43+,44+,53+,54+,55+,56+,57+,58+,59+,60+,63+/m1/s1. The van der Waals surface area contributed by atoms with Crippen molar-refractivity contribution in [2.24, 2.45) is 11.8 Å². The number of anilines is 2. The van der Waals surface area contributed by atoms with Crippen molar-refractivity contribution in [3.63, 3.8) is 0 Å². The van der Waals surface area contributed by atoms with Gasteiger partial charge in [-0.3, -0.25) is 47.9 Å². The fraction of sp³-hybridized carbons (Fsp3) is 0.452. The molecule has 10 amide bonds. The molecule has 31 heteroatoms. The number of carbonyl (C=O) groups excluding carboxylic acids is 10. The molecule has 0 unspecified atom stereocenters. The molecule has 2 fully saturated rings. The molecule has 6 aromatic rings. The molecule has 31 nitrogen and oxygen atoms in total. The van der Waals surface area contributed by atoms with Crippen LogP contribution in [0.25, 0.3) is 0 Å². The molecule has 8 heterocycles. The Labute approximate surface area is 601 Å². The van der Waals surface area contributed by atoms with Gasteiger partial charge < -0.3 is 67.9 Å². The van der Waals surface area contributed by atoms with E-state index >= 15 is 0 Å². The highest BCUT2D eigenvalue weighted by atomic mass is 16.4. The Balaban J connectivity index is 0.993. The van der Waals surface area contributed by atoms with Gasteiger partial charge in [-0.1, -0.05) is 123 Å². The molecular weight excluding hydrogens is 1340 g/mol. The first kappa shape index (κ1) is 76.9. The molecule has 0 radical (unpaired) electrons. The van der Waals surface area contributed by atoms with Gasteiger partial charge >= 0.3 is 11.9 Å². The third-order valence-electron chi connectivity index (χ3n) is 19.1. The topological polar surface area (TPSA) is 421 Å². The quantitative estimate of drug-likeness (QED) is 0.0700. The predicted octanol–water partition coefficient (Wildman–Crippen LogP) is 1.99. The lowest BCUT2D eigenvalue weighted by atomic mass is 10.0. The maximum atomic E-state index is 14.9. The number of amides is 10. The summed E-state index contributed by atoms with van der Waals surface area (Å²) in [5.41, 5.74) is 3.68. The van der Waals surface area contributed by atoms with Gasteiger partial charge in [-0.15, -0.1) is 10.2 Å². The number of aromatic nitrogens is 6. The van der Waals surface area contributed by atoms with E-state index in [9.17, 15) is 67.7 Å². The lowest BCUT2D eigenvalue weighted by Gasteiger charge is -2.31. The van der Waals surface area contributed by atoms with E-state index in [-0.39, 0.29) is 83.2 Å². The first-order valence-corrected chi connectivity index (χ1v) is 35.0. The van der Waals surface area contributed by atoms with E-state index in [4.69, 9.17) is 0 Å². The van der Waals surface area contributed by atoms with Gasteiger partial charge in [-0.05, 0) is 79.8 Å². The van der Waals surface area contributed by atoms with Crippen LogP contribution >= 0.6 is 0 Å². The van der Waals surface area contributed by atoms with Crippen molar-refractivity contribution in [1.82, 2.24) is 77.0 Å². The van der Waals surface area contributed by atoms with Gasteiger partial charge in [0.15, 0.2) is 0 Å². The summed E-state index contributed by atoms with van der Waals surface area (Å²) in [4.78, 5) is 170. The first-order valence-electron chi connectivity index (χ1n) is 35.0. The molecule has 12 rings (SSSR count). The Morgan fingerprint density at radius 1 is 0.519 bits per heavy atom. The number of likely N-dealkylation sites (tertiary alicyclic amines) is 2. The third-order valence-corrected chi connectivity index (χ3v) is 19.1. The van der Waals surface area contributed by atoms with Gasteiger partial charge in [0.25, 0.3) is 0 Å². The Hall–Kier alpha value is -11.2. The molecule has 6 aliphatic rings. The summed E-state index contributed by atoms with van der Waals surface area (Å²) >= 11 is 0. The molecule has 0 saturated carbocycles. The van der Waals surface area contributed by atoms with Gasteiger partial charge in [0.05, 0.1) is 29.5 Å². The second-order valence-corrected chi connectivity index (χ2v) is 27.2. The highest BCUT2D eigenvalue weighted by molar-refractivity contribution is 5.98. The molecule has 552 valence electrons. The number of benzene rings is 4. The van der Waals surface area contributed by atoms with Crippen molar-refractivity contribution in [1.29, 1.82) is 0 Å². The number of nitrogens with zero attached hydrogens (tertiary/aromatic N) is 8. The minimum atomic E-state index is -1.52. The van der Waals surface area contributed by atoms with E-state index in [0.717, 1.165) is 0 Å². The minimum absolute atomic E-state index is 0.0305. The van der Waals surface area contributed by atoms with Crippen LogP contribution in [0.4, 0.5) is 11.4 Å². The number of aryl methyl sites for hydroxylation is 2. The number of nitrogens with one attached hydrogen (secondary N) is 9. The average molecular weight is 1430 g/mol. The molecule has 2 aromatic heterocycles. The van der Waals surface area contributed by atoms with Gasteiger partial charge in [-0.2, -0.15) is 0 Å².